The number of nitrogens with one attached hydrogen (secondary N) is 2. The van der Waals surface area contributed by atoms with Gasteiger partial charge in [-0.15, -0.1) is 11.3 Å². The first-order valence-corrected chi connectivity index (χ1v) is 13.5. The van der Waals surface area contributed by atoms with Crippen molar-refractivity contribution in [3.63, 3.8) is 0 Å². The molecule has 0 bridgehead atoms. The molecule has 0 spiro atoms. The molecule has 10 heteroatoms. The standard InChI is InChI=1S/C27H31N7O2S/c1-4-29-17(2)7-8-23(35)18-14-21(31-25(15-18)33-11-10-22(33)27(36)28-3)19-16-30-34-12-9-20(32-26(19)34)24-6-5-13-37-24/h5-6,9,12-17,22,29H,4,7-8,10-11H2,1-3H3,(H,28,36)/t17-,22-/m0/s1. The van der Waals surface area contributed by atoms with Crippen molar-refractivity contribution in [3.05, 3.63) is 53.7 Å². The van der Waals surface area contributed by atoms with Gasteiger partial charge in [0.2, 0.25) is 5.91 Å². The maximum absolute atomic E-state index is 13.3. The molecular weight excluding hydrogens is 486 g/mol. The Labute approximate surface area is 219 Å². The molecule has 2 atom stereocenters. The second-order valence-corrected chi connectivity index (χ2v) is 10.2. The Hall–Kier alpha value is -3.63. The van der Waals surface area contributed by atoms with Gasteiger partial charge in [-0.2, -0.15) is 5.10 Å². The highest BCUT2D eigenvalue weighted by molar-refractivity contribution is 7.13. The minimum Gasteiger partial charge on any atom is -0.357 e. The number of likely N-dealkylation sites (N-methyl/N-ethyl adjacent to an activating group) is 1. The molecule has 2 N–H and O–H groups in total. The smallest absolute Gasteiger partial charge is 0.242 e. The van der Waals surface area contributed by atoms with Crippen molar-refractivity contribution in [2.75, 3.05) is 25.0 Å². The summed E-state index contributed by atoms with van der Waals surface area (Å²) in [6, 6.07) is 9.57. The van der Waals surface area contributed by atoms with Gasteiger partial charge in [-0.1, -0.05) is 13.0 Å². The molecule has 0 radical (unpaired) electrons. The van der Waals surface area contributed by atoms with E-state index in [1.54, 1.807) is 29.1 Å². The van der Waals surface area contributed by atoms with Crippen molar-refractivity contribution < 1.29 is 9.59 Å². The zero-order valence-corrected chi connectivity index (χ0v) is 22.1. The first kappa shape index (κ1) is 25.0. The minimum atomic E-state index is -0.294. The molecule has 192 valence electrons. The molecule has 0 saturated carbocycles. The van der Waals surface area contributed by atoms with Crippen LogP contribution in [0.25, 0.3) is 27.5 Å². The van der Waals surface area contributed by atoms with E-state index in [1.165, 1.54) is 0 Å². The van der Waals surface area contributed by atoms with Crippen molar-refractivity contribution >= 4 is 34.5 Å². The second kappa shape index (κ2) is 10.8. The number of ketones is 1. The van der Waals surface area contributed by atoms with Crippen LogP contribution >= 0.6 is 11.3 Å². The number of hydrogen-bond acceptors (Lipinski definition) is 8. The topological polar surface area (TPSA) is 105 Å². The lowest BCUT2D eigenvalue weighted by atomic mass is 9.99. The van der Waals surface area contributed by atoms with E-state index in [2.05, 4.69) is 29.6 Å². The number of carbonyl (C=O) groups excluding carboxylic acids is 2. The first-order chi connectivity index (χ1) is 18.0. The molecule has 4 aromatic heterocycles. The van der Waals surface area contributed by atoms with Crippen LogP contribution in [0.5, 0.6) is 0 Å². The van der Waals surface area contributed by atoms with Gasteiger partial charge in [-0.05, 0) is 56.0 Å². The summed E-state index contributed by atoms with van der Waals surface area (Å²) in [5.74, 6) is 0.619. The maximum atomic E-state index is 13.3. The molecule has 0 aromatic carbocycles. The molecule has 1 aliphatic rings. The average molecular weight is 518 g/mol. The number of fused-ring (bicyclic) bond motifs is 1. The highest BCUT2D eigenvalue weighted by Gasteiger charge is 2.35. The lowest BCUT2D eigenvalue weighted by Crippen LogP contribution is -2.56. The highest BCUT2D eigenvalue weighted by Crippen LogP contribution is 2.32. The SMILES string of the molecule is CCN[C@@H](C)CCC(=O)c1cc(-c2cnn3ccc(-c4cccs4)nc23)nc(N2CC[C@H]2C(=O)NC)c1. The van der Waals surface area contributed by atoms with Crippen LogP contribution < -0.4 is 15.5 Å². The second-order valence-electron chi connectivity index (χ2n) is 9.25. The summed E-state index contributed by atoms with van der Waals surface area (Å²) in [5, 5.41) is 12.6. The molecular formula is C27H31N7O2S. The molecule has 5 rings (SSSR count). The third kappa shape index (κ3) is 5.12. The summed E-state index contributed by atoms with van der Waals surface area (Å²) in [5.41, 5.74) is 3.47. The number of hydrogen-bond donors (Lipinski definition) is 2. The number of thiophene rings is 1. The fourth-order valence-electron chi connectivity index (χ4n) is 4.62. The van der Waals surface area contributed by atoms with Gasteiger partial charge in [0.15, 0.2) is 11.4 Å². The predicted octanol–water partition coefficient (Wildman–Crippen LogP) is 3.81. The van der Waals surface area contributed by atoms with Gasteiger partial charge in [-0.25, -0.2) is 14.5 Å². The van der Waals surface area contributed by atoms with Crippen molar-refractivity contribution in [1.82, 2.24) is 30.2 Å². The number of nitrogens with zero attached hydrogens (tertiary/aromatic N) is 5. The van der Waals surface area contributed by atoms with Gasteiger partial charge in [0, 0.05) is 37.8 Å². The summed E-state index contributed by atoms with van der Waals surface area (Å²) < 4.78 is 1.72. The number of pyridine rings is 1. The highest BCUT2D eigenvalue weighted by atomic mass is 32.1. The van der Waals surface area contributed by atoms with Gasteiger partial charge < -0.3 is 15.5 Å². The normalized spacial score (nSPS) is 16.0. The summed E-state index contributed by atoms with van der Waals surface area (Å²) >= 11 is 1.63. The van der Waals surface area contributed by atoms with E-state index in [9.17, 15) is 9.59 Å². The molecule has 9 nitrogen and oxygen atoms in total. The summed E-state index contributed by atoms with van der Waals surface area (Å²) in [6.07, 6.45) is 5.53. The maximum Gasteiger partial charge on any atom is 0.242 e. The van der Waals surface area contributed by atoms with Crippen LogP contribution in [0.3, 0.4) is 0 Å². The van der Waals surface area contributed by atoms with Crippen molar-refractivity contribution in [3.8, 4) is 21.8 Å². The Kier molecular flexibility index (Phi) is 7.29. The minimum absolute atomic E-state index is 0.0513. The number of rotatable bonds is 10. The van der Waals surface area contributed by atoms with Gasteiger partial charge in [-0.3, -0.25) is 9.59 Å². The Morgan fingerprint density at radius 3 is 2.78 bits per heavy atom. The number of aromatic nitrogens is 4. The zero-order valence-electron chi connectivity index (χ0n) is 21.3. The number of amides is 1. The Morgan fingerprint density at radius 1 is 1.22 bits per heavy atom. The number of carbonyl (C=O) groups is 2. The van der Waals surface area contributed by atoms with Crippen molar-refractivity contribution in [2.24, 2.45) is 0 Å². The molecule has 5 heterocycles. The van der Waals surface area contributed by atoms with E-state index >= 15 is 0 Å². The van der Waals surface area contributed by atoms with Gasteiger partial charge in [0.25, 0.3) is 0 Å². The van der Waals surface area contributed by atoms with E-state index in [1.807, 2.05) is 46.8 Å². The lowest BCUT2D eigenvalue weighted by Gasteiger charge is -2.40. The van der Waals surface area contributed by atoms with E-state index in [0.717, 1.165) is 35.5 Å². The Balaban J connectivity index is 1.55. The molecule has 1 saturated heterocycles. The monoisotopic (exact) mass is 517 g/mol. The summed E-state index contributed by atoms with van der Waals surface area (Å²) in [4.78, 5) is 38.5. The molecule has 4 aromatic rings. The summed E-state index contributed by atoms with van der Waals surface area (Å²) in [6.45, 7) is 5.72. The van der Waals surface area contributed by atoms with Crippen LogP contribution in [0.1, 0.15) is 43.5 Å². The van der Waals surface area contributed by atoms with Crippen LogP contribution in [0.2, 0.25) is 0 Å². The van der Waals surface area contributed by atoms with Gasteiger partial charge in [0.1, 0.15) is 11.9 Å². The number of Topliss-reactive ketones (excluding diaryl/α,β-unsaturated/α-hetero) is 1. The van der Waals surface area contributed by atoms with Crippen LogP contribution in [0, 0.1) is 0 Å². The fourth-order valence-corrected chi connectivity index (χ4v) is 5.31. The quantitative estimate of drug-likeness (QED) is 0.308. The van der Waals surface area contributed by atoms with Crippen LogP contribution in [0.15, 0.2) is 48.1 Å². The zero-order chi connectivity index (χ0) is 25.9. The fraction of sp³-hybridized carbons (Fsp3) is 0.370. The lowest BCUT2D eigenvalue weighted by molar-refractivity contribution is -0.123. The predicted molar refractivity (Wildman–Crippen MR) is 146 cm³/mol. The molecule has 0 aliphatic carbocycles. The largest absolute Gasteiger partial charge is 0.357 e. The van der Waals surface area contributed by atoms with E-state index in [-0.39, 0.29) is 23.8 Å². The average Bonchev–Trinajstić information content (AvgIpc) is 3.56. The van der Waals surface area contributed by atoms with E-state index in [4.69, 9.17) is 9.97 Å². The van der Waals surface area contributed by atoms with Gasteiger partial charge in [0.05, 0.1) is 28.0 Å². The molecule has 1 amide bonds. The van der Waals surface area contributed by atoms with E-state index < -0.39 is 0 Å². The third-order valence-corrected chi connectivity index (χ3v) is 7.66. The summed E-state index contributed by atoms with van der Waals surface area (Å²) in [7, 11) is 1.64. The van der Waals surface area contributed by atoms with Crippen molar-refractivity contribution in [1.29, 1.82) is 0 Å². The van der Waals surface area contributed by atoms with Crippen LogP contribution in [-0.4, -0.2) is 63.5 Å². The number of anilines is 1. The van der Waals surface area contributed by atoms with E-state index in [0.29, 0.717) is 35.7 Å². The first-order valence-electron chi connectivity index (χ1n) is 12.6. The molecule has 37 heavy (non-hydrogen) atoms. The van der Waals surface area contributed by atoms with Gasteiger partial charge >= 0.3 is 0 Å². The molecule has 1 aliphatic heterocycles. The molecule has 1 fully saturated rings. The molecule has 0 unspecified atom stereocenters. The van der Waals surface area contributed by atoms with Crippen LogP contribution in [0.4, 0.5) is 5.82 Å². The van der Waals surface area contributed by atoms with Crippen LogP contribution in [-0.2, 0) is 4.79 Å². The Bertz CT molecular complexity index is 1420. The third-order valence-electron chi connectivity index (χ3n) is 6.77. The Morgan fingerprint density at radius 2 is 2.08 bits per heavy atom. The van der Waals surface area contributed by atoms with Crippen molar-refractivity contribution in [2.45, 2.75) is 45.2 Å².